The fourth-order valence-corrected chi connectivity index (χ4v) is 9.38. The number of fused-ring (bicyclic) bond motifs is 2. The molecule has 4 unspecified atom stereocenters. The smallest absolute Gasteiger partial charge is 0.200 e. The quantitative estimate of drug-likeness (QED) is 0.0628. The standard InChI is InChI=1S/C52H58Cl2F2O6/c1-30(2)17-19-35(33(7)8)26-51-27-36(21-18-31(3)4)50(9,10)52(49(51)60,24-23-32(5)6)48(59)45(47(51)58)46(57)34-20-22-43(61-28-37-39(53)13-11-15-41(37)55)44(25-34)62-29-38-40(54)14-12-16-42(38)56/h11-18,20,22-23,25,35-36,58H,7,19,21,24,26-29H2,1-6,8-10H3. The number of ketones is 3. The Balaban J connectivity index is 1.74. The molecule has 62 heavy (non-hydrogen) atoms. The van der Waals surface area contributed by atoms with Crippen molar-refractivity contribution in [2.45, 2.75) is 108 Å². The topological polar surface area (TPSA) is 89.9 Å². The number of allylic oxidation sites excluding steroid dienone is 9. The van der Waals surface area contributed by atoms with Crippen molar-refractivity contribution in [3.05, 3.63) is 151 Å². The molecule has 0 radical (unpaired) electrons. The molecular formula is C52H58Cl2F2O6. The minimum atomic E-state index is -1.72. The number of rotatable bonds is 17. The number of aliphatic hydroxyl groups excluding tert-OH is 1. The second-order valence-corrected chi connectivity index (χ2v) is 19.0. The van der Waals surface area contributed by atoms with Crippen molar-refractivity contribution in [2.24, 2.45) is 28.1 Å². The average molecular weight is 888 g/mol. The van der Waals surface area contributed by atoms with Crippen LogP contribution in [0.3, 0.4) is 0 Å². The van der Waals surface area contributed by atoms with E-state index in [2.05, 4.69) is 18.7 Å². The van der Waals surface area contributed by atoms with Crippen LogP contribution in [0.5, 0.6) is 11.5 Å². The molecule has 1 N–H and O–H groups in total. The third-order valence-electron chi connectivity index (χ3n) is 12.9. The highest BCUT2D eigenvalue weighted by atomic mass is 35.5. The van der Waals surface area contributed by atoms with Crippen molar-refractivity contribution in [3.8, 4) is 11.5 Å². The molecule has 4 atom stereocenters. The van der Waals surface area contributed by atoms with Crippen molar-refractivity contribution >= 4 is 40.6 Å². The highest BCUT2D eigenvalue weighted by molar-refractivity contribution is 6.35. The van der Waals surface area contributed by atoms with E-state index >= 15 is 14.4 Å². The van der Waals surface area contributed by atoms with Crippen LogP contribution < -0.4 is 9.47 Å². The SMILES string of the molecule is C=C(C)C(CC=C(C)C)CC12CC(CC=C(C)C)C(C)(C)C(CC=C(C)C)(C(=O)C(C(=O)c3ccc(OCc4c(F)cccc4Cl)c(OCc4c(F)cccc4Cl)c3)=C1O)C2=O. The van der Waals surface area contributed by atoms with Gasteiger partial charge in [-0.25, -0.2) is 8.78 Å². The third kappa shape index (κ3) is 9.42. The first-order valence-corrected chi connectivity index (χ1v) is 21.7. The Bertz CT molecular complexity index is 2350. The molecule has 1 fully saturated rings. The number of hydrogen-bond donors (Lipinski definition) is 1. The summed E-state index contributed by atoms with van der Waals surface area (Å²) >= 11 is 12.6. The number of halogens is 4. The van der Waals surface area contributed by atoms with Crippen LogP contribution in [0.25, 0.3) is 0 Å². The molecular weight excluding hydrogens is 829 g/mol. The minimum absolute atomic E-state index is 0.0337. The number of ether oxygens (including phenoxy) is 2. The van der Waals surface area contributed by atoms with Gasteiger partial charge in [-0.15, -0.1) is 0 Å². The van der Waals surface area contributed by atoms with Crippen molar-refractivity contribution in [1.82, 2.24) is 0 Å². The summed E-state index contributed by atoms with van der Waals surface area (Å²) in [5.41, 5.74) is -0.832. The van der Waals surface area contributed by atoms with Crippen LogP contribution in [0, 0.1) is 39.7 Å². The van der Waals surface area contributed by atoms with Gasteiger partial charge < -0.3 is 14.6 Å². The van der Waals surface area contributed by atoms with Gasteiger partial charge in [-0.3, -0.25) is 14.4 Å². The summed E-state index contributed by atoms with van der Waals surface area (Å²) in [6.07, 6.45) is 7.55. The van der Waals surface area contributed by atoms with Crippen molar-refractivity contribution in [2.75, 3.05) is 0 Å². The number of hydrogen-bond acceptors (Lipinski definition) is 6. The number of Topliss-reactive ketones (excluding diaryl/α,β-unsaturated/α-hetero) is 3. The highest BCUT2D eigenvalue weighted by Crippen LogP contribution is 2.67. The maximum atomic E-state index is 15.7. The molecule has 6 nitrogen and oxygen atoms in total. The Kier molecular flexibility index (Phi) is 15.0. The summed E-state index contributed by atoms with van der Waals surface area (Å²) in [5.74, 6) is -4.21. The fraction of sp³-hybridized carbons (Fsp3) is 0.404. The van der Waals surface area contributed by atoms with Crippen molar-refractivity contribution in [3.63, 3.8) is 0 Å². The Morgan fingerprint density at radius 1 is 0.839 bits per heavy atom. The fourth-order valence-electron chi connectivity index (χ4n) is 8.95. The second kappa shape index (κ2) is 19.3. The van der Waals surface area contributed by atoms with Gasteiger partial charge in [0.05, 0.1) is 15.5 Å². The molecule has 5 rings (SSSR count). The predicted octanol–water partition coefficient (Wildman–Crippen LogP) is 14.2. The van der Waals surface area contributed by atoms with Gasteiger partial charge in [0.25, 0.3) is 0 Å². The van der Waals surface area contributed by atoms with Crippen LogP contribution in [0.15, 0.2) is 113 Å². The molecule has 0 spiro atoms. The van der Waals surface area contributed by atoms with E-state index in [9.17, 15) is 13.9 Å². The molecule has 2 aliphatic rings. The first-order valence-electron chi connectivity index (χ1n) is 21.0. The van der Waals surface area contributed by atoms with Gasteiger partial charge >= 0.3 is 0 Å². The molecule has 0 saturated heterocycles. The summed E-state index contributed by atoms with van der Waals surface area (Å²) in [6, 6.07) is 12.6. The minimum Gasteiger partial charge on any atom is -0.510 e. The Morgan fingerprint density at radius 3 is 1.90 bits per heavy atom. The summed E-state index contributed by atoms with van der Waals surface area (Å²) in [6.45, 7) is 21.1. The number of aliphatic hydroxyl groups is 1. The predicted molar refractivity (Wildman–Crippen MR) is 244 cm³/mol. The summed E-state index contributed by atoms with van der Waals surface area (Å²) in [5, 5.41) is 13.0. The van der Waals surface area contributed by atoms with E-state index in [1.807, 2.05) is 68.4 Å². The van der Waals surface area contributed by atoms with Crippen LogP contribution in [0.4, 0.5) is 8.78 Å². The molecule has 3 aromatic carbocycles. The number of benzene rings is 3. The molecule has 0 aliphatic heterocycles. The lowest BCUT2D eigenvalue weighted by Gasteiger charge is -2.60. The first kappa shape index (κ1) is 48.2. The lowest BCUT2D eigenvalue weighted by atomic mass is 9.39. The highest BCUT2D eigenvalue weighted by Gasteiger charge is 2.72. The van der Waals surface area contributed by atoms with Gasteiger partial charge in [0, 0.05) is 16.7 Å². The van der Waals surface area contributed by atoms with E-state index in [1.165, 1.54) is 54.6 Å². The molecule has 1 saturated carbocycles. The molecule has 0 heterocycles. The molecule has 330 valence electrons. The first-order chi connectivity index (χ1) is 29.1. The van der Waals surface area contributed by atoms with Crippen molar-refractivity contribution in [1.29, 1.82) is 0 Å². The molecule has 0 amide bonds. The third-order valence-corrected chi connectivity index (χ3v) is 13.6. The van der Waals surface area contributed by atoms with Gasteiger partial charge in [0.1, 0.15) is 41.6 Å². The molecule has 3 aromatic rings. The average Bonchev–Trinajstić information content (AvgIpc) is 3.19. The Morgan fingerprint density at radius 2 is 1.39 bits per heavy atom. The van der Waals surface area contributed by atoms with E-state index in [0.29, 0.717) is 12.8 Å². The summed E-state index contributed by atoms with van der Waals surface area (Å²) in [4.78, 5) is 46.4. The summed E-state index contributed by atoms with van der Waals surface area (Å²) in [7, 11) is 0. The maximum absolute atomic E-state index is 15.7. The van der Waals surface area contributed by atoms with Crippen LogP contribution in [-0.2, 0) is 22.8 Å². The molecule has 0 aromatic heterocycles. The Labute approximate surface area is 375 Å². The van der Waals surface area contributed by atoms with Gasteiger partial charge in [0.2, 0.25) is 0 Å². The van der Waals surface area contributed by atoms with Gasteiger partial charge in [-0.2, -0.15) is 0 Å². The Hall–Kier alpha value is -4.79. The lowest BCUT2D eigenvalue weighted by Crippen LogP contribution is -2.67. The second-order valence-electron chi connectivity index (χ2n) is 18.2. The monoisotopic (exact) mass is 886 g/mol. The van der Waals surface area contributed by atoms with E-state index in [4.69, 9.17) is 32.7 Å². The van der Waals surface area contributed by atoms with E-state index < -0.39 is 50.8 Å². The van der Waals surface area contributed by atoms with E-state index in [1.54, 1.807) is 0 Å². The molecule has 10 heteroatoms. The van der Waals surface area contributed by atoms with Crippen LogP contribution in [-0.4, -0.2) is 22.5 Å². The van der Waals surface area contributed by atoms with Gasteiger partial charge in [-0.05, 0) is 140 Å². The normalized spacial score (nSPS) is 20.9. The van der Waals surface area contributed by atoms with E-state index in [0.717, 1.165) is 22.3 Å². The largest absolute Gasteiger partial charge is 0.510 e. The zero-order valence-corrected chi connectivity index (χ0v) is 38.8. The summed E-state index contributed by atoms with van der Waals surface area (Å²) < 4.78 is 41.9. The number of carbonyl (C=O) groups is 3. The van der Waals surface area contributed by atoms with Crippen LogP contribution >= 0.6 is 23.2 Å². The maximum Gasteiger partial charge on any atom is 0.200 e. The van der Waals surface area contributed by atoms with E-state index in [-0.39, 0.29) is 88.3 Å². The lowest BCUT2D eigenvalue weighted by molar-refractivity contribution is -0.172. The van der Waals surface area contributed by atoms with Crippen LogP contribution in [0.2, 0.25) is 10.0 Å². The molecule has 2 bridgehead atoms. The zero-order valence-electron chi connectivity index (χ0n) is 37.2. The number of carbonyl (C=O) groups excluding carboxylic acids is 3. The van der Waals surface area contributed by atoms with Gasteiger partial charge in [0.15, 0.2) is 28.8 Å². The van der Waals surface area contributed by atoms with Crippen LogP contribution in [0.1, 0.15) is 116 Å². The zero-order chi connectivity index (χ0) is 45.9. The van der Waals surface area contributed by atoms with Gasteiger partial charge in [-0.1, -0.05) is 96.3 Å². The van der Waals surface area contributed by atoms with Crippen molar-refractivity contribution < 1.29 is 37.7 Å². The molecule has 2 aliphatic carbocycles.